The van der Waals surface area contributed by atoms with Gasteiger partial charge in [-0.05, 0) is 35.9 Å². The van der Waals surface area contributed by atoms with Crippen molar-refractivity contribution < 1.29 is 18.7 Å². The Kier molecular flexibility index (Phi) is 3.37. The Bertz CT molecular complexity index is 935. The molecular formula is C18H15FN2O3. The third-order valence-electron chi connectivity index (χ3n) is 4.04. The van der Waals surface area contributed by atoms with E-state index >= 15 is 0 Å². The number of nitrogens with zero attached hydrogens (tertiary/aromatic N) is 1. The largest absolute Gasteiger partial charge is 0.454 e. The summed E-state index contributed by atoms with van der Waals surface area (Å²) in [5.41, 5.74) is 1.89. The monoisotopic (exact) mass is 326 g/mol. The molecule has 1 aromatic heterocycles. The summed E-state index contributed by atoms with van der Waals surface area (Å²) >= 11 is 0. The van der Waals surface area contributed by atoms with Crippen LogP contribution < -0.4 is 9.47 Å². The van der Waals surface area contributed by atoms with Crippen molar-refractivity contribution in [3.05, 3.63) is 59.5 Å². The first-order valence-corrected chi connectivity index (χ1v) is 7.53. The first kappa shape index (κ1) is 14.6. The van der Waals surface area contributed by atoms with E-state index in [1.807, 2.05) is 18.2 Å². The number of fused-ring (bicyclic) bond motifs is 2. The van der Waals surface area contributed by atoms with Crippen LogP contribution in [0.4, 0.5) is 4.39 Å². The molecule has 0 saturated carbocycles. The molecule has 2 aromatic carbocycles. The number of hydrogen-bond donors (Lipinski definition) is 1. The molecule has 5 nitrogen and oxygen atoms in total. The van der Waals surface area contributed by atoms with Gasteiger partial charge in [-0.3, -0.25) is 4.79 Å². The van der Waals surface area contributed by atoms with Gasteiger partial charge in [0.2, 0.25) is 6.79 Å². The van der Waals surface area contributed by atoms with Gasteiger partial charge in [-0.1, -0.05) is 12.1 Å². The number of H-pyrrole nitrogens is 1. The average Bonchev–Trinajstić information content (AvgIpc) is 3.20. The van der Waals surface area contributed by atoms with Crippen LogP contribution >= 0.6 is 0 Å². The predicted octanol–water partition coefficient (Wildman–Crippen LogP) is 3.31. The summed E-state index contributed by atoms with van der Waals surface area (Å²) in [5, 5.41) is 0.414. The molecule has 1 aliphatic rings. The minimum atomic E-state index is -0.346. The van der Waals surface area contributed by atoms with Gasteiger partial charge in [0.25, 0.3) is 5.91 Å². The minimum absolute atomic E-state index is 0.205. The first-order chi connectivity index (χ1) is 11.6. The van der Waals surface area contributed by atoms with Crippen LogP contribution in [0.2, 0.25) is 0 Å². The third-order valence-corrected chi connectivity index (χ3v) is 4.04. The minimum Gasteiger partial charge on any atom is -0.454 e. The Balaban J connectivity index is 1.55. The van der Waals surface area contributed by atoms with Crippen molar-refractivity contribution in [2.75, 3.05) is 13.8 Å². The molecule has 3 aromatic rings. The van der Waals surface area contributed by atoms with Crippen molar-refractivity contribution in [2.45, 2.75) is 6.54 Å². The average molecular weight is 326 g/mol. The summed E-state index contributed by atoms with van der Waals surface area (Å²) in [5.74, 6) is 0.837. The van der Waals surface area contributed by atoms with Crippen molar-refractivity contribution in [1.29, 1.82) is 0 Å². The summed E-state index contributed by atoms with van der Waals surface area (Å²) < 4.78 is 24.4. The van der Waals surface area contributed by atoms with Gasteiger partial charge in [0, 0.05) is 24.5 Å². The fourth-order valence-electron chi connectivity index (χ4n) is 2.82. The van der Waals surface area contributed by atoms with Crippen molar-refractivity contribution >= 4 is 16.8 Å². The van der Waals surface area contributed by atoms with Gasteiger partial charge in [0.1, 0.15) is 11.5 Å². The van der Waals surface area contributed by atoms with Crippen molar-refractivity contribution in [3.63, 3.8) is 0 Å². The van der Waals surface area contributed by atoms with E-state index in [-0.39, 0.29) is 18.5 Å². The highest BCUT2D eigenvalue weighted by Crippen LogP contribution is 2.32. The van der Waals surface area contributed by atoms with Gasteiger partial charge in [-0.2, -0.15) is 0 Å². The number of hydrogen-bond acceptors (Lipinski definition) is 3. The van der Waals surface area contributed by atoms with Gasteiger partial charge in [-0.25, -0.2) is 4.39 Å². The van der Waals surface area contributed by atoms with Crippen molar-refractivity contribution in [1.82, 2.24) is 9.88 Å². The Morgan fingerprint density at radius 1 is 1.21 bits per heavy atom. The second-order valence-electron chi connectivity index (χ2n) is 5.73. The molecule has 0 saturated heterocycles. The zero-order valence-corrected chi connectivity index (χ0v) is 13.0. The molecule has 0 bridgehead atoms. The van der Waals surface area contributed by atoms with Gasteiger partial charge >= 0.3 is 0 Å². The molecule has 2 heterocycles. The number of aromatic amines is 1. The lowest BCUT2D eigenvalue weighted by Crippen LogP contribution is -2.26. The van der Waals surface area contributed by atoms with Gasteiger partial charge < -0.3 is 19.4 Å². The Labute approximate surface area is 137 Å². The number of rotatable bonds is 3. The van der Waals surface area contributed by atoms with Crippen LogP contribution in [0, 0.1) is 5.82 Å². The number of carbonyl (C=O) groups excluding carboxylic acids is 1. The number of carbonyl (C=O) groups is 1. The summed E-state index contributed by atoms with van der Waals surface area (Å²) in [7, 11) is 1.70. The van der Waals surface area contributed by atoms with E-state index < -0.39 is 0 Å². The van der Waals surface area contributed by atoms with Crippen molar-refractivity contribution in [2.24, 2.45) is 0 Å². The lowest BCUT2D eigenvalue weighted by molar-refractivity contribution is 0.0780. The number of benzene rings is 2. The Morgan fingerprint density at radius 3 is 2.88 bits per heavy atom. The van der Waals surface area contributed by atoms with E-state index in [4.69, 9.17) is 9.47 Å². The molecule has 0 spiro atoms. The maximum atomic E-state index is 13.8. The smallest absolute Gasteiger partial charge is 0.270 e. The zero-order chi connectivity index (χ0) is 16.7. The first-order valence-electron chi connectivity index (χ1n) is 7.53. The van der Waals surface area contributed by atoms with Gasteiger partial charge in [-0.15, -0.1) is 0 Å². The number of amides is 1. The maximum absolute atomic E-state index is 13.8. The summed E-state index contributed by atoms with van der Waals surface area (Å²) in [6, 6.07) is 11.9. The quantitative estimate of drug-likeness (QED) is 0.803. The predicted molar refractivity (Wildman–Crippen MR) is 86.6 cm³/mol. The normalized spacial score (nSPS) is 12.6. The summed E-state index contributed by atoms with van der Waals surface area (Å²) in [6.07, 6.45) is 0. The molecule has 0 aliphatic carbocycles. The number of ether oxygens (including phenoxy) is 2. The van der Waals surface area contributed by atoms with Crippen LogP contribution in [-0.4, -0.2) is 29.6 Å². The number of nitrogens with one attached hydrogen (secondary N) is 1. The Hall–Kier alpha value is -3.02. The molecule has 0 fully saturated rings. The highest BCUT2D eigenvalue weighted by molar-refractivity contribution is 5.98. The molecule has 122 valence electrons. The molecule has 4 rings (SSSR count). The lowest BCUT2D eigenvalue weighted by Gasteiger charge is -2.16. The molecule has 1 aliphatic heterocycles. The summed E-state index contributed by atoms with van der Waals surface area (Å²) in [6.45, 7) is 0.626. The molecule has 1 amide bonds. The van der Waals surface area contributed by atoms with Gasteiger partial charge in [0.15, 0.2) is 11.5 Å². The SMILES string of the molecule is CN(Cc1ccc2c(c1)OCO2)C(=O)c1cc2c(F)cccc2[nH]1. The van der Waals surface area contributed by atoms with E-state index in [9.17, 15) is 9.18 Å². The maximum Gasteiger partial charge on any atom is 0.270 e. The number of aromatic nitrogens is 1. The number of halogens is 1. The zero-order valence-electron chi connectivity index (χ0n) is 13.0. The van der Waals surface area contributed by atoms with E-state index in [1.165, 1.54) is 6.07 Å². The highest BCUT2D eigenvalue weighted by atomic mass is 19.1. The molecule has 0 atom stereocenters. The lowest BCUT2D eigenvalue weighted by atomic mass is 10.2. The van der Waals surface area contributed by atoms with E-state index in [2.05, 4.69) is 4.98 Å². The molecule has 1 N–H and O–H groups in total. The highest BCUT2D eigenvalue weighted by Gasteiger charge is 2.18. The van der Waals surface area contributed by atoms with Crippen LogP contribution in [0.3, 0.4) is 0 Å². The van der Waals surface area contributed by atoms with E-state index in [1.54, 1.807) is 30.1 Å². The van der Waals surface area contributed by atoms with E-state index in [0.29, 0.717) is 34.6 Å². The third kappa shape index (κ3) is 2.46. The fraction of sp³-hybridized carbons (Fsp3) is 0.167. The Morgan fingerprint density at radius 2 is 2.04 bits per heavy atom. The van der Waals surface area contributed by atoms with Crippen LogP contribution in [0.5, 0.6) is 11.5 Å². The summed E-state index contributed by atoms with van der Waals surface area (Å²) in [4.78, 5) is 17.1. The molecule has 0 radical (unpaired) electrons. The topological polar surface area (TPSA) is 54.6 Å². The van der Waals surface area contributed by atoms with E-state index in [0.717, 1.165) is 5.56 Å². The fourth-order valence-corrected chi connectivity index (χ4v) is 2.82. The van der Waals surface area contributed by atoms with Crippen LogP contribution in [0.25, 0.3) is 10.9 Å². The molecule has 24 heavy (non-hydrogen) atoms. The van der Waals surface area contributed by atoms with Crippen molar-refractivity contribution in [3.8, 4) is 11.5 Å². The van der Waals surface area contributed by atoms with Crippen LogP contribution in [-0.2, 0) is 6.54 Å². The second-order valence-corrected chi connectivity index (χ2v) is 5.73. The second kappa shape index (κ2) is 5.56. The van der Waals surface area contributed by atoms with Crippen LogP contribution in [0.1, 0.15) is 16.1 Å². The van der Waals surface area contributed by atoms with Crippen LogP contribution in [0.15, 0.2) is 42.5 Å². The standard InChI is InChI=1S/C18H15FN2O3/c1-21(9-11-5-6-16-17(7-11)24-10-23-16)18(22)15-8-12-13(19)3-2-4-14(12)20-15/h2-8,20H,9-10H2,1H3. The van der Waals surface area contributed by atoms with Gasteiger partial charge in [0.05, 0.1) is 0 Å². The molecule has 0 unspecified atom stereocenters. The molecule has 6 heteroatoms. The molecular weight excluding hydrogens is 311 g/mol.